The molecule has 8 nitrogen and oxygen atoms in total. The van der Waals surface area contributed by atoms with Gasteiger partial charge in [-0.15, -0.1) is 0 Å². The minimum Gasteiger partial charge on any atom is -0.491 e. The number of para-hydroxylation sites is 1. The van der Waals surface area contributed by atoms with Crippen molar-refractivity contribution in [2.45, 2.75) is 52.0 Å². The van der Waals surface area contributed by atoms with Gasteiger partial charge < -0.3 is 21.5 Å². The maximum atomic E-state index is 13.6. The van der Waals surface area contributed by atoms with Crippen LogP contribution in [0.25, 0.3) is 0 Å². The summed E-state index contributed by atoms with van der Waals surface area (Å²) in [5, 5.41) is 3.28. The van der Waals surface area contributed by atoms with Crippen LogP contribution >= 0.6 is 0 Å². The van der Waals surface area contributed by atoms with E-state index in [9.17, 15) is 13.2 Å². The van der Waals surface area contributed by atoms with E-state index in [1.807, 2.05) is 65.0 Å². The molecule has 1 amide bonds. The first kappa shape index (κ1) is 28.4. The number of ether oxygens (including phenoxy) is 1. The number of amides is 1. The fourth-order valence-electron chi connectivity index (χ4n) is 5.22. The maximum Gasteiger partial charge on any atom is 0.247 e. The van der Waals surface area contributed by atoms with Crippen molar-refractivity contribution in [3.63, 3.8) is 0 Å². The highest BCUT2D eigenvalue weighted by atomic mass is 32.2. The molecule has 1 heterocycles. The molecule has 9 heteroatoms. The van der Waals surface area contributed by atoms with Crippen LogP contribution in [0.1, 0.15) is 54.5 Å². The first-order valence-corrected chi connectivity index (χ1v) is 14.6. The van der Waals surface area contributed by atoms with E-state index in [1.54, 1.807) is 24.3 Å². The maximum absolute atomic E-state index is 13.6. The number of anilines is 2. The molecule has 1 unspecified atom stereocenters. The summed E-state index contributed by atoms with van der Waals surface area (Å²) in [5.41, 5.74) is 17.4. The molecular formula is C30H38N4O4S. The minimum atomic E-state index is -3.77. The van der Waals surface area contributed by atoms with Crippen LogP contribution < -0.4 is 21.5 Å². The number of primary amides is 1. The van der Waals surface area contributed by atoms with Gasteiger partial charge >= 0.3 is 0 Å². The first-order chi connectivity index (χ1) is 18.4. The Hall–Kier alpha value is -3.56. The van der Waals surface area contributed by atoms with E-state index in [0.29, 0.717) is 11.4 Å². The number of rotatable bonds is 8. The molecule has 4 rings (SSSR count). The Morgan fingerprint density at radius 3 is 2.54 bits per heavy atom. The number of fused-ring (bicyclic) bond motifs is 1. The van der Waals surface area contributed by atoms with Crippen LogP contribution in [0.4, 0.5) is 11.4 Å². The second-order valence-corrected chi connectivity index (χ2v) is 12.5. The monoisotopic (exact) mass is 550 g/mol. The molecule has 1 aliphatic heterocycles. The van der Waals surface area contributed by atoms with E-state index in [-0.39, 0.29) is 24.6 Å². The Balaban J connectivity index is 1.80. The van der Waals surface area contributed by atoms with Gasteiger partial charge in [-0.2, -0.15) is 4.31 Å². The molecule has 0 aliphatic carbocycles. The Morgan fingerprint density at radius 1 is 1.13 bits per heavy atom. The summed E-state index contributed by atoms with van der Waals surface area (Å²) in [6.45, 7) is 11.0. The summed E-state index contributed by atoms with van der Waals surface area (Å²) in [5.74, 6) is -0.479. The fraction of sp³-hybridized carbons (Fsp3) is 0.367. The fourth-order valence-corrected chi connectivity index (χ4v) is 6.76. The van der Waals surface area contributed by atoms with Gasteiger partial charge in [0.05, 0.1) is 16.8 Å². The lowest BCUT2D eigenvalue weighted by molar-refractivity contribution is -0.126. The zero-order valence-corrected chi connectivity index (χ0v) is 24.1. The van der Waals surface area contributed by atoms with Crippen molar-refractivity contribution in [2.24, 2.45) is 11.1 Å². The van der Waals surface area contributed by atoms with Crippen LogP contribution in [-0.4, -0.2) is 38.3 Å². The topological polar surface area (TPSA) is 128 Å². The van der Waals surface area contributed by atoms with E-state index in [4.69, 9.17) is 16.2 Å². The van der Waals surface area contributed by atoms with Gasteiger partial charge in [0.25, 0.3) is 0 Å². The second-order valence-electron chi connectivity index (χ2n) is 10.6. The Morgan fingerprint density at radius 2 is 1.85 bits per heavy atom. The molecule has 3 aromatic carbocycles. The highest BCUT2D eigenvalue weighted by Gasteiger charge is 2.39. The van der Waals surface area contributed by atoms with Crippen LogP contribution in [-0.2, 0) is 21.4 Å². The number of hydrogen-bond acceptors (Lipinski definition) is 6. The largest absolute Gasteiger partial charge is 0.491 e. The standard InChI is InChI=1S/C30H38N4O4S/c1-6-33-24-14-13-23(20(3)28(24)31)27(30(4,5)29(32)35)21-12-11-19(2)22(17-21)18-34-15-16-38-25-9-7-8-10-26(25)39(34,36)37/h7-14,17,27,33H,6,15-16,18,31H2,1-5H3,(H2,32,35). The molecule has 0 saturated carbocycles. The predicted molar refractivity (Wildman–Crippen MR) is 155 cm³/mol. The predicted octanol–water partition coefficient (Wildman–Crippen LogP) is 4.54. The van der Waals surface area contributed by atoms with Crippen molar-refractivity contribution in [2.75, 3.05) is 30.7 Å². The average Bonchev–Trinajstić information content (AvgIpc) is 3.01. The third-order valence-electron chi connectivity index (χ3n) is 7.71. The number of carbonyl (C=O) groups excluding carboxylic acids is 1. The van der Waals surface area contributed by atoms with Crippen LogP contribution in [0.5, 0.6) is 5.75 Å². The van der Waals surface area contributed by atoms with E-state index in [2.05, 4.69) is 5.32 Å². The molecule has 1 atom stereocenters. The number of benzene rings is 3. The smallest absolute Gasteiger partial charge is 0.247 e. The summed E-state index contributed by atoms with van der Waals surface area (Å²) in [7, 11) is -3.77. The number of nitrogens with two attached hydrogens (primary N) is 2. The molecule has 208 valence electrons. The molecule has 0 saturated heterocycles. The number of hydrogen-bond donors (Lipinski definition) is 3. The lowest BCUT2D eigenvalue weighted by Gasteiger charge is -2.34. The molecule has 3 aromatic rings. The Bertz CT molecular complexity index is 1500. The van der Waals surface area contributed by atoms with Crippen LogP contribution in [0, 0.1) is 19.3 Å². The number of sulfonamides is 1. The number of nitrogens with one attached hydrogen (secondary N) is 1. The van der Waals surface area contributed by atoms with Crippen molar-refractivity contribution in [1.29, 1.82) is 0 Å². The van der Waals surface area contributed by atoms with Gasteiger partial charge in [-0.3, -0.25) is 4.79 Å². The third kappa shape index (κ3) is 5.33. The minimum absolute atomic E-state index is 0.163. The van der Waals surface area contributed by atoms with Gasteiger partial charge in [-0.05, 0) is 66.8 Å². The molecule has 1 aliphatic rings. The van der Waals surface area contributed by atoms with Gasteiger partial charge in [0.1, 0.15) is 17.3 Å². The van der Waals surface area contributed by atoms with Crippen molar-refractivity contribution in [3.8, 4) is 5.75 Å². The average molecular weight is 551 g/mol. The lowest BCUT2D eigenvalue weighted by atomic mass is 9.69. The van der Waals surface area contributed by atoms with Crippen LogP contribution in [0.3, 0.4) is 0 Å². The number of aryl methyl sites for hydroxylation is 1. The summed E-state index contributed by atoms with van der Waals surface area (Å²) in [4.78, 5) is 12.9. The van der Waals surface area contributed by atoms with Crippen LogP contribution in [0.15, 0.2) is 59.5 Å². The highest BCUT2D eigenvalue weighted by molar-refractivity contribution is 7.89. The normalized spacial score (nSPS) is 16.0. The lowest BCUT2D eigenvalue weighted by Crippen LogP contribution is -2.38. The van der Waals surface area contributed by atoms with E-state index < -0.39 is 27.3 Å². The number of carbonyl (C=O) groups is 1. The van der Waals surface area contributed by atoms with E-state index in [0.717, 1.165) is 40.0 Å². The summed E-state index contributed by atoms with van der Waals surface area (Å²) >= 11 is 0. The molecule has 0 radical (unpaired) electrons. The Labute approximate surface area is 231 Å². The first-order valence-electron chi connectivity index (χ1n) is 13.1. The summed E-state index contributed by atoms with van der Waals surface area (Å²) < 4.78 is 34.3. The van der Waals surface area contributed by atoms with Gasteiger partial charge in [0.15, 0.2) is 0 Å². The number of nitrogens with zero attached hydrogens (tertiary/aromatic N) is 1. The quantitative estimate of drug-likeness (QED) is 0.353. The molecule has 5 N–H and O–H groups in total. The van der Waals surface area contributed by atoms with Crippen molar-refractivity contribution >= 4 is 27.3 Å². The van der Waals surface area contributed by atoms with Crippen molar-refractivity contribution in [1.82, 2.24) is 4.31 Å². The summed E-state index contributed by atoms with van der Waals surface area (Å²) in [6.07, 6.45) is 0. The number of nitrogen functional groups attached to an aromatic ring is 1. The molecule has 0 bridgehead atoms. The zero-order valence-electron chi connectivity index (χ0n) is 23.2. The van der Waals surface area contributed by atoms with Crippen LogP contribution in [0.2, 0.25) is 0 Å². The van der Waals surface area contributed by atoms with Crippen molar-refractivity contribution in [3.05, 3.63) is 82.4 Å². The third-order valence-corrected chi connectivity index (χ3v) is 9.59. The summed E-state index contributed by atoms with van der Waals surface area (Å²) in [6, 6.07) is 16.6. The van der Waals surface area contributed by atoms with Gasteiger partial charge in [-0.1, -0.05) is 50.2 Å². The molecule has 0 spiro atoms. The van der Waals surface area contributed by atoms with Crippen molar-refractivity contribution < 1.29 is 17.9 Å². The molecular weight excluding hydrogens is 512 g/mol. The highest BCUT2D eigenvalue weighted by Crippen LogP contribution is 2.44. The van der Waals surface area contributed by atoms with Gasteiger partial charge in [0, 0.05) is 25.6 Å². The SMILES string of the molecule is CCNc1ccc(C(c2ccc(C)c(CN3CCOc4ccccc4S3(=O)=O)c2)C(C)(C)C(N)=O)c(C)c1N. The molecule has 0 aromatic heterocycles. The van der Waals surface area contributed by atoms with E-state index in [1.165, 1.54) is 4.31 Å². The molecule has 39 heavy (non-hydrogen) atoms. The van der Waals surface area contributed by atoms with Gasteiger partial charge in [-0.25, -0.2) is 8.42 Å². The van der Waals surface area contributed by atoms with E-state index >= 15 is 0 Å². The zero-order chi connectivity index (χ0) is 28.5. The second kappa shape index (κ2) is 10.9. The molecule has 0 fully saturated rings. The van der Waals surface area contributed by atoms with Gasteiger partial charge in [0.2, 0.25) is 15.9 Å². The Kier molecular flexibility index (Phi) is 7.95.